The van der Waals surface area contributed by atoms with Crippen LogP contribution < -0.4 is 9.47 Å². The molecule has 7 nitrogen and oxygen atoms in total. The third kappa shape index (κ3) is 5.60. The van der Waals surface area contributed by atoms with Crippen molar-refractivity contribution in [3.8, 4) is 11.5 Å². The minimum absolute atomic E-state index is 0.00439. The van der Waals surface area contributed by atoms with Crippen LogP contribution in [0.15, 0.2) is 18.2 Å². The van der Waals surface area contributed by atoms with Crippen molar-refractivity contribution in [2.75, 3.05) is 33.0 Å². The topological polar surface area (TPSA) is 85.3 Å². The average Bonchev–Trinajstić information content (AvgIpc) is 2.92. The molecule has 1 aromatic rings. The zero-order valence-electron chi connectivity index (χ0n) is 15.5. The van der Waals surface area contributed by atoms with Crippen LogP contribution in [0.25, 0.3) is 0 Å². The smallest absolute Gasteiger partial charge is 0.305 e. The number of nitrogens with zero attached hydrogens (tertiary/aromatic N) is 1. The summed E-state index contributed by atoms with van der Waals surface area (Å²) in [6, 6.07) is 5.84. The van der Waals surface area contributed by atoms with Crippen LogP contribution in [0.3, 0.4) is 0 Å². The van der Waals surface area contributed by atoms with E-state index in [0.29, 0.717) is 39.3 Å². The number of ether oxygens (including phenoxy) is 3. The first-order chi connectivity index (χ1) is 13.1. The fraction of sp³-hybridized carbons (Fsp3) is 0.600. The molecule has 2 aliphatic rings. The first-order valence-electron chi connectivity index (χ1n) is 9.61. The van der Waals surface area contributed by atoms with Gasteiger partial charge in [0.2, 0.25) is 5.91 Å². The van der Waals surface area contributed by atoms with Crippen LogP contribution in [-0.2, 0) is 20.7 Å². The highest BCUT2D eigenvalue weighted by molar-refractivity contribution is 5.77. The van der Waals surface area contributed by atoms with Crippen LogP contribution in [0, 0.1) is 0 Å². The second-order valence-corrected chi connectivity index (χ2v) is 6.91. The molecule has 2 aliphatic heterocycles. The number of carboxylic acid groups (broad SMARTS) is 1. The van der Waals surface area contributed by atoms with Crippen molar-refractivity contribution < 1.29 is 28.9 Å². The number of carboxylic acids is 1. The normalized spacial score (nSPS) is 17.2. The average molecular weight is 377 g/mol. The second-order valence-electron chi connectivity index (χ2n) is 6.91. The maximum absolute atomic E-state index is 12.8. The summed E-state index contributed by atoms with van der Waals surface area (Å²) in [6.45, 7) is 2.75. The Bertz CT molecular complexity index is 656. The summed E-state index contributed by atoms with van der Waals surface area (Å²) in [5.41, 5.74) is 1.01. The maximum Gasteiger partial charge on any atom is 0.305 e. The second kappa shape index (κ2) is 9.60. The number of carbonyl (C=O) groups excluding carboxylic acids is 1. The zero-order valence-corrected chi connectivity index (χ0v) is 15.5. The SMILES string of the molecule is O=C(O)CCN(C(=O)CCc1ccc2c(c1)OCCCO2)C1CCOCC1. The highest BCUT2D eigenvalue weighted by Gasteiger charge is 2.26. The molecule has 1 amide bonds. The molecule has 0 bridgehead atoms. The molecule has 0 saturated carbocycles. The van der Waals surface area contributed by atoms with Gasteiger partial charge in [0, 0.05) is 38.6 Å². The van der Waals surface area contributed by atoms with E-state index in [-0.39, 0.29) is 24.9 Å². The summed E-state index contributed by atoms with van der Waals surface area (Å²) in [5, 5.41) is 9.00. The van der Waals surface area contributed by atoms with E-state index >= 15 is 0 Å². The van der Waals surface area contributed by atoms with Crippen molar-refractivity contribution in [3.05, 3.63) is 23.8 Å². The molecule has 27 heavy (non-hydrogen) atoms. The molecule has 148 valence electrons. The van der Waals surface area contributed by atoms with Crippen molar-refractivity contribution in [2.24, 2.45) is 0 Å². The summed E-state index contributed by atoms with van der Waals surface area (Å²) >= 11 is 0. The molecule has 0 spiro atoms. The minimum atomic E-state index is -0.886. The Balaban J connectivity index is 1.60. The Kier molecular flexibility index (Phi) is 6.92. The fourth-order valence-corrected chi connectivity index (χ4v) is 3.48. The van der Waals surface area contributed by atoms with Crippen LogP contribution in [0.5, 0.6) is 11.5 Å². The predicted molar refractivity (Wildman–Crippen MR) is 98.2 cm³/mol. The lowest BCUT2D eigenvalue weighted by Gasteiger charge is -2.34. The molecule has 0 aromatic heterocycles. The molecular formula is C20H27NO6. The van der Waals surface area contributed by atoms with Crippen LogP contribution in [0.4, 0.5) is 0 Å². The molecule has 0 aliphatic carbocycles. The van der Waals surface area contributed by atoms with Gasteiger partial charge < -0.3 is 24.2 Å². The zero-order chi connectivity index (χ0) is 19.1. The van der Waals surface area contributed by atoms with Gasteiger partial charge in [-0.3, -0.25) is 9.59 Å². The summed E-state index contributed by atoms with van der Waals surface area (Å²) in [4.78, 5) is 25.5. The van der Waals surface area contributed by atoms with Gasteiger partial charge in [0.1, 0.15) is 0 Å². The molecule has 1 fully saturated rings. The van der Waals surface area contributed by atoms with E-state index in [9.17, 15) is 9.59 Å². The first-order valence-corrected chi connectivity index (χ1v) is 9.61. The monoisotopic (exact) mass is 377 g/mol. The van der Waals surface area contributed by atoms with Gasteiger partial charge in [0.15, 0.2) is 11.5 Å². The molecule has 1 N–H and O–H groups in total. The molecule has 0 radical (unpaired) electrons. The fourth-order valence-electron chi connectivity index (χ4n) is 3.48. The molecule has 1 saturated heterocycles. The number of amides is 1. The van der Waals surface area contributed by atoms with E-state index in [1.807, 2.05) is 18.2 Å². The quantitative estimate of drug-likeness (QED) is 0.785. The molecule has 7 heteroatoms. The number of fused-ring (bicyclic) bond motifs is 1. The van der Waals surface area contributed by atoms with Gasteiger partial charge in [-0.2, -0.15) is 0 Å². The van der Waals surface area contributed by atoms with Crippen LogP contribution in [-0.4, -0.2) is 60.9 Å². The standard InChI is InChI=1S/C20H27NO6/c22-19(21(9-6-20(23)24)16-7-12-25-13-8-16)5-3-15-2-4-17-18(14-15)27-11-1-10-26-17/h2,4,14,16H,1,3,5-13H2,(H,23,24). The van der Waals surface area contributed by atoms with E-state index in [1.54, 1.807) is 4.90 Å². The van der Waals surface area contributed by atoms with Gasteiger partial charge in [-0.15, -0.1) is 0 Å². The van der Waals surface area contributed by atoms with Gasteiger partial charge in [-0.25, -0.2) is 0 Å². The number of rotatable bonds is 7. The lowest BCUT2D eigenvalue weighted by atomic mass is 10.0. The van der Waals surface area contributed by atoms with Gasteiger partial charge in [-0.1, -0.05) is 6.07 Å². The number of aryl methyl sites for hydroxylation is 1. The lowest BCUT2D eigenvalue weighted by molar-refractivity contribution is -0.140. The third-order valence-electron chi connectivity index (χ3n) is 4.96. The van der Waals surface area contributed by atoms with Crippen LogP contribution in [0.1, 0.15) is 37.7 Å². The minimum Gasteiger partial charge on any atom is -0.490 e. The summed E-state index contributed by atoms with van der Waals surface area (Å²) < 4.78 is 16.7. The van der Waals surface area contributed by atoms with Crippen LogP contribution in [0.2, 0.25) is 0 Å². The summed E-state index contributed by atoms with van der Waals surface area (Å²) in [7, 11) is 0. The Hall–Kier alpha value is -2.28. The molecular weight excluding hydrogens is 350 g/mol. The number of hydrogen-bond acceptors (Lipinski definition) is 5. The summed E-state index contributed by atoms with van der Waals surface area (Å²) in [6.07, 6.45) is 3.27. The number of benzene rings is 1. The lowest BCUT2D eigenvalue weighted by Crippen LogP contribution is -2.44. The molecule has 3 rings (SSSR count). The van der Waals surface area contributed by atoms with E-state index in [1.165, 1.54) is 0 Å². The van der Waals surface area contributed by atoms with Gasteiger partial charge in [0.05, 0.1) is 19.6 Å². The van der Waals surface area contributed by atoms with E-state index in [0.717, 1.165) is 36.3 Å². The van der Waals surface area contributed by atoms with Crippen molar-refractivity contribution >= 4 is 11.9 Å². The number of aliphatic carboxylic acids is 1. The number of hydrogen-bond donors (Lipinski definition) is 1. The van der Waals surface area contributed by atoms with E-state index in [2.05, 4.69) is 0 Å². The molecule has 1 aromatic carbocycles. The molecule has 0 unspecified atom stereocenters. The Morgan fingerprint density at radius 2 is 1.78 bits per heavy atom. The summed E-state index contributed by atoms with van der Waals surface area (Å²) in [5.74, 6) is 0.579. The van der Waals surface area contributed by atoms with Gasteiger partial charge in [0.25, 0.3) is 0 Å². The number of carbonyl (C=O) groups is 2. The van der Waals surface area contributed by atoms with Crippen molar-refractivity contribution in [1.82, 2.24) is 4.90 Å². The largest absolute Gasteiger partial charge is 0.490 e. The van der Waals surface area contributed by atoms with Crippen molar-refractivity contribution in [2.45, 2.75) is 44.6 Å². The van der Waals surface area contributed by atoms with Crippen LogP contribution >= 0.6 is 0 Å². The first kappa shape index (κ1) is 19.5. The van der Waals surface area contributed by atoms with Crippen molar-refractivity contribution in [1.29, 1.82) is 0 Å². The maximum atomic E-state index is 12.8. The Labute approximate surface area is 159 Å². The Morgan fingerprint density at radius 1 is 1.04 bits per heavy atom. The van der Waals surface area contributed by atoms with E-state index < -0.39 is 5.97 Å². The third-order valence-corrected chi connectivity index (χ3v) is 4.96. The van der Waals surface area contributed by atoms with Crippen molar-refractivity contribution in [3.63, 3.8) is 0 Å². The molecule has 0 atom stereocenters. The highest BCUT2D eigenvalue weighted by Crippen LogP contribution is 2.31. The highest BCUT2D eigenvalue weighted by atomic mass is 16.5. The molecule has 2 heterocycles. The van der Waals surface area contributed by atoms with Gasteiger partial charge >= 0.3 is 5.97 Å². The van der Waals surface area contributed by atoms with Gasteiger partial charge in [-0.05, 0) is 37.0 Å². The Morgan fingerprint density at radius 3 is 2.52 bits per heavy atom. The predicted octanol–water partition coefficient (Wildman–Crippen LogP) is 2.26. The van der Waals surface area contributed by atoms with E-state index in [4.69, 9.17) is 19.3 Å².